The number of para-hydroxylation sites is 1. The number of anilines is 2. The first kappa shape index (κ1) is 18.2. The first-order valence-corrected chi connectivity index (χ1v) is 10.9. The van der Waals surface area contributed by atoms with Crippen LogP contribution in [-0.4, -0.2) is 29.1 Å². The van der Waals surface area contributed by atoms with Crippen molar-refractivity contribution in [3.05, 3.63) is 48.4 Å². The van der Waals surface area contributed by atoms with Crippen molar-refractivity contribution in [1.29, 1.82) is 0 Å². The molecule has 1 N–H and O–H groups in total. The summed E-state index contributed by atoms with van der Waals surface area (Å²) < 4.78 is 5.75. The van der Waals surface area contributed by atoms with Gasteiger partial charge in [-0.3, -0.25) is 9.59 Å². The van der Waals surface area contributed by atoms with E-state index in [-0.39, 0.29) is 24.7 Å². The van der Waals surface area contributed by atoms with Crippen LogP contribution in [0.3, 0.4) is 0 Å². The van der Waals surface area contributed by atoms with Gasteiger partial charge in [-0.2, -0.15) is 0 Å². The van der Waals surface area contributed by atoms with Crippen molar-refractivity contribution < 1.29 is 14.0 Å². The highest BCUT2D eigenvalue weighted by Gasteiger charge is 2.29. The Bertz CT molecular complexity index is 1090. The van der Waals surface area contributed by atoms with Gasteiger partial charge in [-0.25, -0.2) is 4.98 Å². The molecule has 0 unspecified atom stereocenters. The predicted octanol–water partition coefficient (Wildman–Crippen LogP) is 4.56. The van der Waals surface area contributed by atoms with Gasteiger partial charge >= 0.3 is 0 Å². The van der Waals surface area contributed by atoms with E-state index in [1.165, 1.54) is 0 Å². The quantitative estimate of drug-likeness (QED) is 0.671. The monoisotopic (exact) mass is 407 g/mol. The zero-order valence-corrected chi connectivity index (χ0v) is 16.7. The average Bonchev–Trinajstić information content (AvgIpc) is 3.51. The number of benzene rings is 2. The van der Waals surface area contributed by atoms with Gasteiger partial charge in [0, 0.05) is 41.6 Å². The fourth-order valence-corrected chi connectivity index (χ4v) is 4.53. The molecule has 0 spiro atoms. The van der Waals surface area contributed by atoms with Crippen LogP contribution in [0.5, 0.6) is 0 Å². The summed E-state index contributed by atoms with van der Waals surface area (Å²) >= 11 is 1.76. The van der Waals surface area contributed by atoms with E-state index in [0.717, 1.165) is 46.2 Å². The van der Waals surface area contributed by atoms with Crippen LogP contribution in [0, 0.1) is 0 Å². The Labute approximate surface area is 172 Å². The number of carbonyl (C=O) groups excluding carboxylic acids is 2. The molecule has 0 atom stereocenters. The minimum atomic E-state index is -0.178. The van der Waals surface area contributed by atoms with E-state index in [1.807, 2.05) is 42.5 Å². The van der Waals surface area contributed by atoms with Gasteiger partial charge in [0.2, 0.25) is 11.8 Å². The van der Waals surface area contributed by atoms with Crippen LogP contribution in [0.15, 0.2) is 51.8 Å². The van der Waals surface area contributed by atoms with Crippen LogP contribution >= 0.6 is 11.8 Å². The highest BCUT2D eigenvalue weighted by Crippen LogP contribution is 2.40. The molecule has 5 rings (SSSR count). The van der Waals surface area contributed by atoms with Crippen molar-refractivity contribution >= 4 is 46.1 Å². The third-order valence-electron chi connectivity index (χ3n) is 5.21. The normalized spacial score (nSPS) is 15.9. The molecule has 0 saturated heterocycles. The molecule has 2 heterocycles. The molecule has 0 bridgehead atoms. The molecule has 6 nitrogen and oxygen atoms in total. The first-order valence-electron chi connectivity index (χ1n) is 9.90. The summed E-state index contributed by atoms with van der Waals surface area (Å²) in [6.45, 7) is 0.675. The Morgan fingerprint density at radius 3 is 2.90 bits per heavy atom. The Kier molecular flexibility index (Phi) is 4.75. The van der Waals surface area contributed by atoms with Gasteiger partial charge in [0.15, 0.2) is 11.5 Å². The lowest BCUT2D eigenvalue weighted by Gasteiger charge is -2.29. The van der Waals surface area contributed by atoms with Gasteiger partial charge in [0.25, 0.3) is 0 Å². The molecule has 3 aromatic rings. The van der Waals surface area contributed by atoms with E-state index in [1.54, 1.807) is 16.7 Å². The molecule has 1 aromatic heterocycles. The second-order valence-corrected chi connectivity index (χ2v) is 8.56. The summed E-state index contributed by atoms with van der Waals surface area (Å²) in [6.07, 6.45) is 2.59. The zero-order chi connectivity index (χ0) is 19.8. The number of aromatic nitrogens is 1. The summed E-state index contributed by atoms with van der Waals surface area (Å²) in [5.74, 6) is 1.91. The highest BCUT2D eigenvalue weighted by molar-refractivity contribution is 7.99. The second-order valence-electron chi connectivity index (χ2n) is 7.42. The van der Waals surface area contributed by atoms with Crippen molar-refractivity contribution in [1.82, 2.24) is 4.98 Å². The minimum absolute atomic E-state index is 0.0195. The molecule has 2 aliphatic rings. The predicted molar refractivity (Wildman–Crippen MR) is 113 cm³/mol. The lowest BCUT2D eigenvalue weighted by atomic mass is 10.2. The molecule has 2 aromatic carbocycles. The molecule has 1 fully saturated rings. The van der Waals surface area contributed by atoms with Crippen molar-refractivity contribution in [2.45, 2.75) is 36.5 Å². The van der Waals surface area contributed by atoms with Gasteiger partial charge in [0.05, 0.1) is 5.69 Å². The van der Waals surface area contributed by atoms with E-state index < -0.39 is 0 Å². The maximum atomic E-state index is 12.7. The summed E-state index contributed by atoms with van der Waals surface area (Å²) in [5.41, 5.74) is 3.10. The van der Waals surface area contributed by atoms with Crippen LogP contribution < -0.4 is 10.2 Å². The summed E-state index contributed by atoms with van der Waals surface area (Å²) in [7, 11) is 0. The highest BCUT2D eigenvalue weighted by atomic mass is 32.2. The number of carbonyl (C=O) groups is 2. The molecule has 2 amide bonds. The minimum Gasteiger partial charge on any atom is -0.440 e. The van der Waals surface area contributed by atoms with Crippen LogP contribution in [-0.2, 0) is 9.59 Å². The van der Waals surface area contributed by atoms with Crippen LogP contribution in [0.25, 0.3) is 11.1 Å². The van der Waals surface area contributed by atoms with E-state index in [0.29, 0.717) is 18.2 Å². The molecular formula is C22H21N3O3S. The average molecular weight is 407 g/mol. The van der Waals surface area contributed by atoms with Crippen LogP contribution in [0.2, 0.25) is 0 Å². The SMILES string of the molecule is O=C(CCC(=O)N1CCSc2ccccc21)Nc1ccc2oc(C3CC3)nc2c1. The van der Waals surface area contributed by atoms with Crippen molar-refractivity contribution in [3.8, 4) is 0 Å². The summed E-state index contributed by atoms with van der Waals surface area (Å²) in [6, 6.07) is 13.4. The number of nitrogens with one attached hydrogen (secondary N) is 1. The topological polar surface area (TPSA) is 75.4 Å². The van der Waals surface area contributed by atoms with Gasteiger partial charge in [-0.05, 0) is 43.2 Å². The lowest BCUT2D eigenvalue weighted by molar-refractivity contribution is -0.122. The number of hydrogen-bond donors (Lipinski definition) is 1. The van der Waals surface area contributed by atoms with E-state index in [2.05, 4.69) is 10.3 Å². The first-order chi connectivity index (χ1) is 14.2. The Morgan fingerprint density at radius 1 is 1.17 bits per heavy atom. The number of hydrogen-bond acceptors (Lipinski definition) is 5. The third kappa shape index (κ3) is 3.87. The van der Waals surface area contributed by atoms with Crippen LogP contribution in [0.4, 0.5) is 11.4 Å². The van der Waals surface area contributed by atoms with Crippen LogP contribution in [0.1, 0.15) is 37.5 Å². The molecule has 29 heavy (non-hydrogen) atoms. The molecule has 7 heteroatoms. The number of nitrogens with zero attached hydrogens (tertiary/aromatic N) is 2. The van der Waals surface area contributed by atoms with Gasteiger partial charge in [-0.1, -0.05) is 12.1 Å². The van der Waals surface area contributed by atoms with Crippen molar-refractivity contribution in [2.24, 2.45) is 0 Å². The summed E-state index contributed by atoms with van der Waals surface area (Å²) in [4.78, 5) is 32.5. The largest absolute Gasteiger partial charge is 0.440 e. The van der Waals surface area contributed by atoms with Gasteiger partial charge in [-0.15, -0.1) is 11.8 Å². The third-order valence-corrected chi connectivity index (χ3v) is 6.25. The van der Waals surface area contributed by atoms with E-state index >= 15 is 0 Å². The zero-order valence-electron chi connectivity index (χ0n) is 15.9. The van der Waals surface area contributed by atoms with E-state index in [4.69, 9.17) is 4.42 Å². The Balaban J connectivity index is 1.20. The molecule has 1 saturated carbocycles. The number of oxazole rings is 1. The Hall–Kier alpha value is -2.80. The smallest absolute Gasteiger partial charge is 0.227 e. The maximum absolute atomic E-state index is 12.7. The molecule has 1 aliphatic carbocycles. The molecule has 1 aliphatic heterocycles. The van der Waals surface area contributed by atoms with E-state index in [9.17, 15) is 9.59 Å². The lowest BCUT2D eigenvalue weighted by Crippen LogP contribution is -2.35. The fourth-order valence-electron chi connectivity index (χ4n) is 3.54. The molecule has 148 valence electrons. The Morgan fingerprint density at radius 2 is 2.03 bits per heavy atom. The molecular weight excluding hydrogens is 386 g/mol. The van der Waals surface area contributed by atoms with Gasteiger partial charge < -0.3 is 14.6 Å². The second kappa shape index (κ2) is 7.55. The standard InChI is InChI=1S/C22H21N3O3S/c26-20(9-10-21(27)25-11-12-29-19-4-2-1-3-17(19)25)23-15-7-8-18-16(13-15)24-22(28-18)14-5-6-14/h1-4,7-8,13-14H,5-6,9-12H2,(H,23,26). The number of amides is 2. The summed E-state index contributed by atoms with van der Waals surface area (Å²) in [5, 5.41) is 2.87. The number of fused-ring (bicyclic) bond motifs is 2. The number of rotatable bonds is 5. The van der Waals surface area contributed by atoms with Gasteiger partial charge in [0.1, 0.15) is 5.52 Å². The van der Waals surface area contributed by atoms with Crippen molar-refractivity contribution in [3.63, 3.8) is 0 Å². The maximum Gasteiger partial charge on any atom is 0.227 e. The molecule has 0 radical (unpaired) electrons. The number of thioether (sulfide) groups is 1. The van der Waals surface area contributed by atoms with Crippen molar-refractivity contribution in [2.75, 3.05) is 22.5 Å². The fraction of sp³-hybridized carbons (Fsp3) is 0.318.